The highest BCUT2D eigenvalue weighted by Crippen LogP contribution is 2.22. The normalized spacial score (nSPS) is 17.0. The van der Waals surface area contributed by atoms with E-state index in [0.29, 0.717) is 12.2 Å². The van der Waals surface area contributed by atoms with E-state index in [2.05, 4.69) is 10.6 Å². The summed E-state index contributed by atoms with van der Waals surface area (Å²) in [7, 11) is -1.93. The van der Waals surface area contributed by atoms with Crippen molar-refractivity contribution < 1.29 is 22.8 Å². The summed E-state index contributed by atoms with van der Waals surface area (Å²) in [6.45, 7) is 0.616. The Hall–Kier alpha value is -3.21. The number of carbonyl (C=O) groups is 1. The first kappa shape index (κ1) is 22.0. The number of hydrogen-bond donors (Lipinski definition) is 1. The average molecular weight is 457 g/mol. The van der Waals surface area contributed by atoms with E-state index in [-0.39, 0.29) is 4.90 Å². The summed E-state index contributed by atoms with van der Waals surface area (Å²) in [6, 6.07) is 8.22. The molecule has 1 fully saturated rings. The summed E-state index contributed by atoms with van der Waals surface area (Å²) in [4.78, 5) is 17.3. The van der Waals surface area contributed by atoms with Crippen molar-refractivity contribution in [1.82, 2.24) is 19.2 Å². The molecule has 1 aliphatic rings. The van der Waals surface area contributed by atoms with E-state index in [0.717, 1.165) is 34.4 Å². The Morgan fingerprint density at radius 2 is 2.00 bits per heavy atom. The van der Waals surface area contributed by atoms with Crippen LogP contribution in [0.15, 0.2) is 66.1 Å². The van der Waals surface area contributed by atoms with E-state index in [1.807, 2.05) is 13.2 Å². The fourth-order valence-corrected chi connectivity index (χ4v) is 4.49. The molecule has 1 N–H and O–H groups in total. The Balaban J connectivity index is 1.39. The van der Waals surface area contributed by atoms with Crippen LogP contribution in [-0.2, 0) is 31.4 Å². The molecule has 3 aromatic rings. The lowest BCUT2D eigenvalue weighted by Crippen LogP contribution is -2.32. The Morgan fingerprint density at radius 1 is 1.19 bits per heavy atom. The number of amides is 1. The molecule has 0 aliphatic carbocycles. The maximum absolute atomic E-state index is 12.9. The fraction of sp³-hybridized carbons (Fsp3) is 0.273. The van der Waals surface area contributed by atoms with Gasteiger partial charge in [0.25, 0.3) is 15.9 Å². The standard InChI is InChI=1S/C22H24N4O5S/c1-25-16-19(14-23-25)18-6-8-20(9-7-18)32(28,29)26-12-11-17(15-26)5-10-21(27)24-31-22-4-2-3-13-30-22/h5-12,14-16,22H,2-4,13H2,1H3,(H,24,27)/b10-5+. The molecule has 9 nitrogen and oxygen atoms in total. The van der Waals surface area contributed by atoms with Gasteiger partial charge >= 0.3 is 0 Å². The van der Waals surface area contributed by atoms with Crippen molar-refractivity contribution in [2.45, 2.75) is 30.4 Å². The van der Waals surface area contributed by atoms with Gasteiger partial charge in [-0.15, -0.1) is 0 Å². The molecule has 168 valence electrons. The van der Waals surface area contributed by atoms with Crippen LogP contribution in [0.25, 0.3) is 17.2 Å². The molecule has 10 heteroatoms. The third kappa shape index (κ3) is 5.16. The minimum atomic E-state index is -3.76. The second-order valence-corrected chi connectivity index (χ2v) is 9.26. The predicted molar refractivity (Wildman–Crippen MR) is 118 cm³/mol. The minimum Gasteiger partial charge on any atom is -0.350 e. The highest BCUT2D eigenvalue weighted by Gasteiger charge is 2.17. The average Bonchev–Trinajstić information content (AvgIpc) is 3.47. The topological polar surface area (TPSA) is 104 Å². The largest absolute Gasteiger partial charge is 0.350 e. The highest BCUT2D eigenvalue weighted by atomic mass is 32.2. The molecular formula is C22H24N4O5S. The first-order chi connectivity index (χ1) is 15.4. The van der Waals surface area contributed by atoms with Crippen molar-refractivity contribution in [3.63, 3.8) is 0 Å². The van der Waals surface area contributed by atoms with E-state index in [1.165, 1.54) is 24.5 Å². The van der Waals surface area contributed by atoms with Crippen molar-refractivity contribution in [2.24, 2.45) is 7.05 Å². The van der Waals surface area contributed by atoms with Crippen molar-refractivity contribution in [3.8, 4) is 11.1 Å². The zero-order valence-electron chi connectivity index (χ0n) is 17.5. The van der Waals surface area contributed by atoms with E-state index in [1.54, 1.807) is 41.2 Å². The molecule has 1 amide bonds. The fourth-order valence-electron chi connectivity index (χ4n) is 3.29. The molecule has 3 heterocycles. The van der Waals surface area contributed by atoms with Gasteiger partial charge in [0, 0.05) is 50.3 Å². The number of nitrogens with zero attached hydrogens (tertiary/aromatic N) is 3. The first-order valence-corrected chi connectivity index (χ1v) is 11.6. The van der Waals surface area contributed by atoms with Crippen LogP contribution in [0.4, 0.5) is 0 Å². The lowest BCUT2D eigenvalue weighted by atomic mass is 10.1. The molecule has 32 heavy (non-hydrogen) atoms. The summed E-state index contributed by atoms with van der Waals surface area (Å²) in [6.07, 6.45) is 11.5. The molecule has 1 aliphatic heterocycles. The lowest BCUT2D eigenvalue weighted by molar-refractivity contribution is -0.198. The van der Waals surface area contributed by atoms with E-state index in [4.69, 9.17) is 9.57 Å². The van der Waals surface area contributed by atoms with Crippen molar-refractivity contribution >= 4 is 22.0 Å². The number of nitrogens with one attached hydrogen (secondary N) is 1. The van der Waals surface area contributed by atoms with E-state index < -0.39 is 22.2 Å². The molecule has 0 radical (unpaired) electrons. The first-order valence-electron chi connectivity index (χ1n) is 10.2. The van der Waals surface area contributed by atoms with Gasteiger partial charge in [-0.25, -0.2) is 22.7 Å². The van der Waals surface area contributed by atoms with Crippen LogP contribution in [0.1, 0.15) is 24.8 Å². The molecule has 4 rings (SSSR count). The van der Waals surface area contributed by atoms with Gasteiger partial charge in [-0.05, 0) is 48.2 Å². The van der Waals surface area contributed by atoms with Gasteiger partial charge in [0.1, 0.15) is 0 Å². The Labute approximate surface area is 186 Å². The number of carbonyl (C=O) groups excluding carboxylic acids is 1. The van der Waals surface area contributed by atoms with Crippen LogP contribution in [0.5, 0.6) is 0 Å². The molecule has 1 atom stereocenters. The maximum atomic E-state index is 12.9. The van der Waals surface area contributed by atoms with E-state index in [9.17, 15) is 13.2 Å². The van der Waals surface area contributed by atoms with Gasteiger partial charge in [0.2, 0.25) is 0 Å². The second kappa shape index (κ2) is 9.51. The lowest BCUT2D eigenvalue weighted by Gasteiger charge is -2.21. The van der Waals surface area contributed by atoms with Crippen molar-refractivity contribution in [1.29, 1.82) is 0 Å². The quantitative estimate of drug-likeness (QED) is 0.433. The molecule has 1 aromatic carbocycles. The number of aryl methyl sites for hydroxylation is 1. The van der Waals surface area contributed by atoms with Gasteiger partial charge in [-0.2, -0.15) is 5.10 Å². The van der Waals surface area contributed by atoms with Crippen LogP contribution >= 0.6 is 0 Å². The second-order valence-electron chi connectivity index (χ2n) is 7.42. The summed E-state index contributed by atoms with van der Waals surface area (Å²) in [5.41, 5.74) is 4.66. The van der Waals surface area contributed by atoms with Crippen molar-refractivity contribution in [2.75, 3.05) is 6.61 Å². The summed E-state index contributed by atoms with van der Waals surface area (Å²) in [5, 5.41) is 4.12. The number of benzene rings is 1. The Morgan fingerprint density at radius 3 is 2.69 bits per heavy atom. The van der Waals surface area contributed by atoms with Crippen LogP contribution in [0.3, 0.4) is 0 Å². The SMILES string of the molecule is Cn1cc(-c2ccc(S(=O)(=O)n3ccc(/C=C/C(=O)NOC4CCCCO4)c3)cc2)cn1. The molecule has 0 saturated carbocycles. The number of aromatic nitrogens is 3. The molecule has 0 bridgehead atoms. The third-order valence-electron chi connectivity index (χ3n) is 5.01. The Bertz CT molecular complexity index is 1210. The molecule has 0 spiro atoms. The number of hydrogen-bond acceptors (Lipinski definition) is 6. The number of rotatable bonds is 7. The van der Waals surface area contributed by atoms with E-state index >= 15 is 0 Å². The summed E-state index contributed by atoms with van der Waals surface area (Å²) < 4.78 is 34.0. The van der Waals surface area contributed by atoms with Gasteiger partial charge in [-0.3, -0.25) is 9.48 Å². The molecule has 1 saturated heterocycles. The Kier molecular flexibility index (Phi) is 6.54. The zero-order chi connectivity index (χ0) is 22.6. The summed E-state index contributed by atoms with van der Waals surface area (Å²) >= 11 is 0. The van der Waals surface area contributed by atoms with Crippen LogP contribution in [-0.4, -0.2) is 41.0 Å². The zero-order valence-corrected chi connectivity index (χ0v) is 18.4. The number of ether oxygens (including phenoxy) is 1. The van der Waals surface area contributed by atoms with Crippen LogP contribution in [0, 0.1) is 0 Å². The predicted octanol–water partition coefficient (Wildman–Crippen LogP) is 2.71. The third-order valence-corrected chi connectivity index (χ3v) is 6.66. The van der Waals surface area contributed by atoms with Crippen LogP contribution in [0.2, 0.25) is 0 Å². The molecule has 1 unspecified atom stereocenters. The van der Waals surface area contributed by atoms with Gasteiger partial charge in [0.15, 0.2) is 6.29 Å². The van der Waals surface area contributed by atoms with Gasteiger partial charge in [-0.1, -0.05) is 12.1 Å². The monoisotopic (exact) mass is 456 g/mol. The molecule has 2 aromatic heterocycles. The smallest absolute Gasteiger partial charge is 0.267 e. The number of hydroxylamine groups is 1. The maximum Gasteiger partial charge on any atom is 0.267 e. The highest BCUT2D eigenvalue weighted by molar-refractivity contribution is 7.90. The summed E-state index contributed by atoms with van der Waals surface area (Å²) in [5.74, 6) is -0.458. The molecular weight excluding hydrogens is 432 g/mol. The van der Waals surface area contributed by atoms with Crippen LogP contribution < -0.4 is 5.48 Å². The van der Waals surface area contributed by atoms with Crippen molar-refractivity contribution in [3.05, 3.63) is 66.8 Å². The van der Waals surface area contributed by atoms with Gasteiger partial charge in [0.05, 0.1) is 11.1 Å². The minimum absolute atomic E-state index is 0.162. The van der Waals surface area contributed by atoms with Gasteiger partial charge < -0.3 is 4.74 Å².